The molecule has 0 atom stereocenters. The van der Waals surface area contributed by atoms with Crippen LogP contribution in [-0.2, 0) is 0 Å². The van der Waals surface area contributed by atoms with E-state index in [0.717, 1.165) is 22.5 Å². The minimum absolute atomic E-state index is 0.0297. The second-order valence-electron chi connectivity index (χ2n) is 5.69. The maximum atomic E-state index is 10.9. The molecular formula is C18H13N5O2. The van der Waals surface area contributed by atoms with Crippen LogP contribution in [0.4, 0.5) is 5.69 Å². The van der Waals surface area contributed by atoms with Gasteiger partial charge < -0.3 is 4.98 Å². The zero-order valence-electron chi connectivity index (χ0n) is 13.3. The summed E-state index contributed by atoms with van der Waals surface area (Å²) in [6.07, 6.45) is 3.45. The Balaban J connectivity index is 1.78. The van der Waals surface area contributed by atoms with Crippen molar-refractivity contribution in [2.45, 2.75) is 6.92 Å². The lowest BCUT2D eigenvalue weighted by Gasteiger charge is -2.03. The van der Waals surface area contributed by atoms with Gasteiger partial charge in [-0.1, -0.05) is 0 Å². The van der Waals surface area contributed by atoms with E-state index in [0.29, 0.717) is 16.9 Å². The Morgan fingerprint density at radius 1 is 1.00 bits per heavy atom. The van der Waals surface area contributed by atoms with Crippen LogP contribution in [0.5, 0.6) is 0 Å². The van der Waals surface area contributed by atoms with Gasteiger partial charge in [-0.3, -0.25) is 20.1 Å². The highest BCUT2D eigenvalue weighted by atomic mass is 16.6. The normalized spacial score (nSPS) is 10.9. The number of aromatic amines is 1. The van der Waals surface area contributed by atoms with Crippen LogP contribution in [0.1, 0.15) is 5.56 Å². The second kappa shape index (κ2) is 5.79. The molecule has 0 unspecified atom stereocenters. The van der Waals surface area contributed by atoms with E-state index in [4.69, 9.17) is 0 Å². The van der Waals surface area contributed by atoms with Gasteiger partial charge >= 0.3 is 0 Å². The molecule has 0 bridgehead atoms. The highest BCUT2D eigenvalue weighted by Gasteiger charge is 2.12. The number of pyridine rings is 2. The Labute approximate surface area is 142 Å². The van der Waals surface area contributed by atoms with Gasteiger partial charge in [0.1, 0.15) is 5.82 Å². The number of H-pyrrole nitrogens is 1. The largest absolute Gasteiger partial charge is 0.338 e. The van der Waals surface area contributed by atoms with E-state index < -0.39 is 4.92 Å². The lowest BCUT2D eigenvalue weighted by atomic mass is 10.1. The molecular weight excluding hydrogens is 318 g/mol. The third kappa shape index (κ3) is 2.83. The standard InChI is InChI=1S/C18H13N5O2/c1-11-4-6-19-15(8-11)16-9-12(5-7-20-16)18-21-14-3-2-13(23(24)25)10-17(14)22-18/h2-10H,1H3,(H,21,22). The monoisotopic (exact) mass is 331 g/mol. The SMILES string of the molecule is Cc1ccnc(-c2cc(-c3nc4ccc([N+](=O)[O-])cc4[nH]3)ccn2)c1. The van der Waals surface area contributed by atoms with E-state index in [9.17, 15) is 10.1 Å². The fourth-order valence-corrected chi connectivity index (χ4v) is 2.64. The molecule has 0 fully saturated rings. The number of fused-ring (bicyclic) bond motifs is 1. The lowest BCUT2D eigenvalue weighted by molar-refractivity contribution is -0.384. The Hall–Kier alpha value is -3.61. The number of nitrogens with one attached hydrogen (secondary N) is 1. The number of hydrogen-bond acceptors (Lipinski definition) is 5. The summed E-state index contributed by atoms with van der Waals surface area (Å²) in [6.45, 7) is 2.00. The number of aromatic nitrogens is 4. The summed E-state index contributed by atoms with van der Waals surface area (Å²) in [5, 5.41) is 10.9. The molecule has 122 valence electrons. The van der Waals surface area contributed by atoms with Crippen molar-refractivity contribution in [2.75, 3.05) is 0 Å². The van der Waals surface area contributed by atoms with Crippen molar-refractivity contribution < 1.29 is 4.92 Å². The number of non-ortho nitro benzene ring substituents is 1. The number of hydrogen-bond donors (Lipinski definition) is 1. The molecule has 0 aliphatic rings. The van der Waals surface area contributed by atoms with Crippen LogP contribution in [0.25, 0.3) is 33.8 Å². The van der Waals surface area contributed by atoms with Gasteiger partial charge in [-0.05, 0) is 42.8 Å². The van der Waals surface area contributed by atoms with Crippen molar-refractivity contribution in [3.63, 3.8) is 0 Å². The molecule has 1 N–H and O–H groups in total. The summed E-state index contributed by atoms with van der Waals surface area (Å²) in [5.74, 6) is 0.631. The van der Waals surface area contributed by atoms with E-state index in [1.165, 1.54) is 12.1 Å². The molecule has 0 aliphatic carbocycles. The van der Waals surface area contributed by atoms with Gasteiger partial charge in [0.25, 0.3) is 5.69 Å². The molecule has 0 saturated carbocycles. The summed E-state index contributed by atoms with van der Waals surface area (Å²) in [7, 11) is 0. The van der Waals surface area contributed by atoms with Crippen LogP contribution in [0, 0.1) is 17.0 Å². The van der Waals surface area contributed by atoms with E-state index in [1.807, 2.05) is 31.2 Å². The van der Waals surface area contributed by atoms with E-state index in [2.05, 4.69) is 19.9 Å². The highest BCUT2D eigenvalue weighted by Crippen LogP contribution is 2.26. The quantitative estimate of drug-likeness (QED) is 0.453. The number of aryl methyl sites for hydroxylation is 1. The predicted molar refractivity (Wildman–Crippen MR) is 93.9 cm³/mol. The highest BCUT2D eigenvalue weighted by molar-refractivity contribution is 5.82. The Morgan fingerprint density at radius 2 is 1.76 bits per heavy atom. The van der Waals surface area contributed by atoms with E-state index in [-0.39, 0.29) is 5.69 Å². The maximum Gasteiger partial charge on any atom is 0.271 e. The molecule has 7 heteroatoms. The summed E-state index contributed by atoms with van der Waals surface area (Å²) in [6, 6.07) is 12.2. The Morgan fingerprint density at radius 3 is 2.52 bits per heavy atom. The number of rotatable bonds is 3. The minimum Gasteiger partial charge on any atom is -0.338 e. The van der Waals surface area contributed by atoms with Crippen LogP contribution < -0.4 is 0 Å². The molecule has 4 rings (SSSR count). The van der Waals surface area contributed by atoms with E-state index >= 15 is 0 Å². The fraction of sp³-hybridized carbons (Fsp3) is 0.0556. The van der Waals surface area contributed by atoms with Crippen molar-refractivity contribution in [1.29, 1.82) is 0 Å². The van der Waals surface area contributed by atoms with E-state index in [1.54, 1.807) is 18.5 Å². The average Bonchev–Trinajstić information content (AvgIpc) is 3.05. The number of nitrogens with zero attached hydrogens (tertiary/aromatic N) is 4. The van der Waals surface area contributed by atoms with Gasteiger partial charge in [0.15, 0.2) is 0 Å². The number of benzene rings is 1. The van der Waals surface area contributed by atoms with Gasteiger partial charge in [-0.15, -0.1) is 0 Å². The van der Waals surface area contributed by atoms with Crippen LogP contribution >= 0.6 is 0 Å². The molecule has 0 saturated heterocycles. The molecule has 4 aromatic rings. The zero-order chi connectivity index (χ0) is 17.4. The fourth-order valence-electron chi connectivity index (χ4n) is 2.64. The molecule has 0 spiro atoms. The molecule has 25 heavy (non-hydrogen) atoms. The molecule has 0 radical (unpaired) electrons. The van der Waals surface area contributed by atoms with Crippen molar-refractivity contribution in [3.8, 4) is 22.8 Å². The third-order valence-corrected chi connectivity index (χ3v) is 3.89. The lowest BCUT2D eigenvalue weighted by Crippen LogP contribution is -1.89. The number of imidazole rings is 1. The average molecular weight is 331 g/mol. The molecule has 0 amide bonds. The number of nitro benzene ring substituents is 1. The summed E-state index contributed by atoms with van der Waals surface area (Å²) >= 11 is 0. The van der Waals surface area contributed by atoms with Crippen molar-refractivity contribution in [1.82, 2.24) is 19.9 Å². The minimum atomic E-state index is -0.423. The molecule has 3 aromatic heterocycles. The summed E-state index contributed by atoms with van der Waals surface area (Å²) in [5.41, 5.74) is 4.80. The summed E-state index contributed by atoms with van der Waals surface area (Å²) < 4.78 is 0. The zero-order valence-corrected chi connectivity index (χ0v) is 13.3. The van der Waals surface area contributed by atoms with Crippen LogP contribution in [0.2, 0.25) is 0 Å². The molecule has 3 heterocycles. The Kier molecular flexibility index (Phi) is 3.46. The molecule has 1 aromatic carbocycles. The first-order valence-corrected chi connectivity index (χ1v) is 7.64. The van der Waals surface area contributed by atoms with Gasteiger partial charge in [0.05, 0.1) is 27.3 Å². The van der Waals surface area contributed by atoms with Crippen LogP contribution in [-0.4, -0.2) is 24.9 Å². The second-order valence-corrected chi connectivity index (χ2v) is 5.69. The number of nitro groups is 1. The first kappa shape index (κ1) is 14.9. The van der Waals surface area contributed by atoms with Gasteiger partial charge in [0.2, 0.25) is 0 Å². The van der Waals surface area contributed by atoms with Gasteiger partial charge in [-0.25, -0.2) is 4.98 Å². The first-order valence-electron chi connectivity index (χ1n) is 7.64. The van der Waals surface area contributed by atoms with Crippen molar-refractivity contribution in [2.24, 2.45) is 0 Å². The van der Waals surface area contributed by atoms with Gasteiger partial charge in [0, 0.05) is 30.1 Å². The molecule has 7 nitrogen and oxygen atoms in total. The maximum absolute atomic E-state index is 10.9. The van der Waals surface area contributed by atoms with Crippen molar-refractivity contribution in [3.05, 3.63) is 70.5 Å². The predicted octanol–water partition coefficient (Wildman–Crippen LogP) is 3.90. The van der Waals surface area contributed by atoms with Crippen LogP contribution in [0.15, 0.2) is 54.9 Å². The summed E-state index contributed by atoms with van der Waals surface area (Å²) in [4.78, 5) is 26.9. The smallest absolute Gasteiger partial charge is 0.271 e. The van der Waals surface area contributed by atoms with Crippen molar-refractivity contribution >= 4 is 16.7 Å². The first-order chi connectivity index (χ1) is 12.1. The topological polar surface area (TPSA) is 97.6 Å². The van der Waals surface area contributed by atoms with Crippen LogP contribution in [0.3, 0.4) is 0 Å². The molecule has 0 aliphatic heterocycles. The van der Waals surface area contributed by atoms with Gasteiger partial charge in [-0.2, -0.15) is 0 Å². The third-order valence-electron chi connectivity index (χ3n) is 3.89. The Bertz CT molecular complexity index is 1100.